The molecule has 3 rings (SSSR count). The Morgan fingerprint density at radius 2 is 1.92 bits per heavy atom. The van der Waals surface area contributed by atoms with Gasteiger partial charge in [-0.1, -0.05) is 18.2 Å². The third kappa shape index (κ3) is 2.93. The summed E-state index contributed by atoms with van der Waals surface area (Å²) in [6.07, 6.45) is 1.39. The number of nitrogens with zero attached hydrogens (tertiary/aromatic N) is 2. The van der Waals surface area contributed by atoms with E-state index in [1.165, 1.54) is 30.5 Å². The van der Waals surface area contributed by atoms with E-state index in [1.54, 1.807) is 0 Å². The molecule has 0 saturated heterocycles. The molecule has 24 heavy (non-hydrogen) atoms. The quantitative estimate of drug-likeness (QED) is 0.387. The van der Waals surface area contributed by atoms with Crippen LogP contribution in [0, 0.1) is 10.1 Å². The van der Waals surface area contributed by atoms with Gasteiger partial charge < -0.3 is 10.7 Å². The molecule has 0 spiro atoms. The van der Waals surface area contributed by atoms with E-state index in [2.05, 4.69) is 15.5 Å². The number of hydrogen-bond acceptors (Lipinski definition) is 5. The van der Waals surface area contributed by atoms with Crippen LogP contribution in [0.5, 0.6) is 0 Å². The first-order chi connectivity index (χ1) is 11.6. The van der Waals surface area contributed by atoms with Gasteiger partial charge in [-0.2, -0.15) is 5.10 Å². The summed E-state index contributed by atoms with van der Waals surface area (Å²) in [5, 5.41) is 15.2. The van der Waals surface area contributed by atoms with E-state index >= 15 is 0 Å². The zero-order valence-corrected chi connectivity index (χ0v) is 12.4. The predicted molar refractivity (Wildman–Crippen MR) is 90.9 cm³/mol. The summed E-state index contributed by atoms with van der Waals surface area (Å²) in [7, 11) is 0. The average Bonchev–Trinajstić information content (AvgIpc) is 2.93. The monoisotopic (exact) mass is 323 g/mol. The van der Waals surface area contributed by atoms with Gasteiger partial charge in [0.1, 0.15) is 5.69 Å². The minimum absolute atomic E-state index is 0.0120. The Balaban J connectivity index is 1.72. The molecule has 0 bridgehead atoms. The van der Waals surface area contributed by atoms with Gasteiger partial charge in [-0.25, -0.2) is 5.43 Å². The van der Waals surface area contributed by atoms with E-state index in [9.17, 15) is 14.9 Å². The topological polar surface area (TPSA) is 126 Å². The Hall–Kier alpha value is -3.68. The zero-order chi connectivity index (χ0) is 17.1. The second-order valence-electron chi connectivity index (χ2n) is 5.01. The van der Waals surface area contributed by atoms with Crippen LogP contribution in [0.25, 0.3) is 10.9 Å². The molecule has 2 aromatic carbocycles. The summed E-state index contributed by atoms with van der Waals surface area (Å²) in [5.74, 6) is -0.470. The SMILES string of the molecule is Nc1c(C(=O)N/N=C/c2ccc([N+](=O)[O-])cc2)[nH]c2ccccc12. The minimum Gasteiger partial charge on any atom is -0.396 e. The number of amides is 1. The number of nitro benzene ring substituents is 1. The highest BCUT2D eigenvalue weighted by atomic mass is 16.6. The van der Waals surface area contributed by atoms with E-state index in [-0.39, 0.29) is 11.4 Å². The number of benzene rings is 2. The number of para-hydroxylation sites is 1. The molecule has 1 aromatic heterocycles. The fraction of sp³-hybridized carbons (Fsp3) is 0. The summed E-state index contributed by atoms with van der Waals surface area (Å²) in [6, 6.07) is 13.1. The normalized spacial score (nSPS) is 11.0. The Kier molecular flexibility index (Phi) is 3.94. The molecule has 0 atom stereocenters. The third-order valence-corrected chi connectivity index (χ3v) is 3.46. The molecule has 0 saturated carbocycles. The number of aromatic amines is 1. The van der Waals surface area contributed by atoms with E-state index in [4.69, 9.17) is 5.73 Å². The largest absolute Gasteiger partial charge is 0.396 e. The molecule has 0 aliphatic carbocycles. The summed E-state index contributed by atoms with van der Waals surface area (Å²) < 4.78 is 0. The number of nitrogen functional groups attached to an aromatic ring is 1. The average molecular weight is 323 g/mol. The highest BCUT2D eigenvalue weighted by molar-refractivity contribution is 6.07. The van der Waals surface area contributed by atoms with E-state index < -0.39 is 10.8 Å². The lowest BCUT2D eigenvalue weighted by Crippen LogP contribution is -2.19. The molecule has 0 aliphatic rings. The number of anilines is 1. The van der Waals surface area contributed by atoms with Crippen LogP contribution in [0.1, 0.15) is 16.1 Å². The van der Waals surface area contributed by atoms with Crippen molar-refractivity contribution in [2.24, 2.45) is 5.10 Å². The van der Waals surface area contributed by atoms with E-state index in [0.29, 0.717) is 11.3 Å². The first-order valence-electron chi connectivity index (χ1n) is 7.00. The maximum atomic E-state index is 12.1. The molecule has 0 radical (unpaired) electrons. The minimum atomic E-state index is -0.485. The van der Waals surface area contributed by atoms with Gasteiger partial charge in [0, 0.05) is 23.0 Å². The lowest BCUT2D eigenvalue weighted by Gasteiger charge is -1.98. The van der Waals surface area contributed by atoms with Crippen LogP contribution in [0.4, 0.5) is 11.4 Å². The van der Waals surface area contributed by atoms with Crippen LogP contribution >= 0.6 is 0 Å². The lowest BCUT2D eigenvalue weighted by atomic mass is 10.2. The van der Waals surface area contributed by atoms with Crippen molar-refractivity contribution in [2.45, 2.75) is 0 Å². The van der Waals surface area contributed by atoms with Gasteiger partial charge in [0.2, 0.25) is 0 Å². The zero-order valence-electron chi connectivity index (χ0n) is 12.4. The van der Waals surface area contributed by atoms with Crippen LogP contribution < -0.4 is 11.2 Å². The number of hydrazone groups is 1. The number of hydrogen-bond donors (Lipinski definition) is 3. The number of aromatic nitrogens is 1. The van der Waals surface area contributed by atoms with Gasteiger partial charge in [0.25, 0.3) is 11.6 Å². The van der Waals surface area contributed by atoms with Crippen LogP contribution in [0.15, 0.2) is 53.6 Å². The molecule has 120 valence electrons. The Morgan fingerprint density at radius 1 is 1.21 bits per heavy atom. The van der Waals surface area contributed by atoms with Crippen LogP contribution in [-0.2, 0) is 0 Å². The Labute approximate surface area is 136 Å². The number of non-ortho nitro benzene ring substituents is 1. The number of rotatable bonds is 4. The molecule has 0 aliphatic heterocycles. The summed E-state index contributed by atoms with van der Waals surface area (Å²) in [4.78, 5) is 25.2. The Bertz CT molecular complexity index is 944. The third-order valence-electron chi connectivity index (χ3n) is 3.46. The molecule has 8 nitrogen and oxygen atoms in total. The predicted octanol–water partition coefficient (Wildman–Crippen LogP) is 2.42. The second-order valence-corrected chi connectivity index (χ2v) is 5.01. The fourth-order valence-corrected chi connectivity index (χ4v) is 2.25. The molecule has 3 aromatic rings. The lowest BCUT2D eigenvalue weighted by molar-refractivity contribution is -0.384. The Morgan fingerprint density at radius 3 is 2.58 bits per heavy atom. The van der Waals surface area contributed by atoms with Gasteiger partial charge in [-0.3, -0.25) is 14.9 Å². The first kappa shape index (κ1) is 15.2. The highest BCUT2D eigenvalue weighted by Crippen LogP contribution is 2.24. The number of carbonyl (C=O) groups excluding carboxylic acids is 1. The maximum Gasteiger partial charge on any atom is 0.289 e. The maximum absolute atomic E-state index is 12.1. The molecule has 1 heterocycles. The van der Waals surface area contributed by atoms with Gasteiger partial charge in [-0.15, -0.1) is 0 Å². The van der Waals surface area contributed by atoms with Crippen molar-refractivity contribution < 1.29 is 9.72 Å². The van der Waals surface area contributed by atoms with Crippen LogP contribution in [0.2, 0.25) is 0 Å². The molecule has 1 amide bonds. The van der Waals surface area contributed by atoms with Crippen molar-refractivity contribution in [1.29, 1.82) is 0 Å². The van der Waals surface area contributed by atoms with Crippen molar-refractivity contribution in [3.63, 3.8) is 0 Å². The number of nitrogens with two attached hydrogens (primary N) is 1. The van der Waals surface area contributed by atoms with Crippen molar-refractivity contribution in [3.8, 4) is 0 Å². The summed E-state index contributed by atoms with van der Waals surface area (Å²) in [5.41, 5.74) is 10.3. The van der Waals surface area contributed by atoms with Gasteiger partial charge in [-0.05, 0) is 23.8 Å². The first-order valence-corrected chi connectivity index (χ1v) is 7.00. The van der Waals surface area contributed by atoms with E-state index in [1.807, 2.05) is 24.3 Å². The van der Waals surface area contributed by atoms with Gasteiger partial charge >= 0.3 is 0 Å². The van der Waals surface area contributed by atoms with Crippen molar-refractivity contribution in [2.75, 3.05) is 5.73 Å². The van der Waals surface area contributed by atoms with E-state index in [0.717, 1.165) is 10.9 Å². The van der Waals surface area contributed by atoms with Gasteiger partial charge in [0.15, 0.2) is 0 Å². The standard InChI is InChI=1S/C16H13N5O3/c17-14-12-3-1-2-4-13(12)19-15(14)16(22)20-18-9-10-5-7-11(8-6-10)21(23)24/h1-9,19H,17H2,(H,20,22)/b18-9+. The highest BCUT2D eigenvalue weighted by Gasteiger charge is 2.14. The van der Waals surface area contributed by atoms with Crippen molar-refractivity contribution in [1.82, 2.24) is 10.4 Å². The van der Waals surface area contributed by atoms with Crippen molar-refractivity contribution in [3.05, 3.63) is 69.9 Å². The number of carbonyl (C=O) groups is 1. The molecular formula is C16H13N5O3. The number of fused-ring (bicyclic) bond motifs is 1. The number of nitrogens with one attached hydrogen (secondary N) is 2. The number of H-pyrrole nitrogens is 1. The van der Waals surface area contributed by atoms with Gasteiger partial charge in [0.05, 0.1) is 16.8 Å². The molecular weight excluding hydrogens is 310 g/mol. The van der Waals surface area contributed by atoms with Crippen molar-refractivity contribution >= 4 is 34.4 Å². The van der Waals surface area contributed by atoms with Crippen LogP contribution in [-0.4, -0.2) is 22.0 Å². The molecule has 4 N–H and O–H groups in total. The summed E-state index contributed by atoms with van der Waals surface area (Å²) in [6.45, 7) is 0. The molecule has 0 fully saturated rings. The number of nitro groups is 1. The van der Waals surface area contributed by atoms with Crippen LogP contribution in [0.3, 0.4) is 0 Å². The smallest absolute Gasteiger partial charge is 0.289 e. The molecule has 8 heteroatoms. The second kappa shape index (κ2) is 6.21. The summed E-state index contributed by atoms with van der Waals surface area (Å²) >= 11 is 0. The molecule has 0 unspecified atom stereocenters. The fourth-order valence-electron chi connectivity index (χ4n) is 2.25.